The molecule has 3 nitrogen and oxygen atoms in total. The van der Waals surface area contributed by atoms with Crippen molar-refractivity contribution in [3.05, 3.63) is 102 Å². The Morgan fingerprint density at radius 3 is 1.88 bits per heavy atom. The van der Waals surface area contributed by atoms with Crippen molar-refractivity contribution in [2.24, 2.45) is 5.73 Å². The summed E-state index contributed by atoms with van der Waals surface area (Å²) in [6, 6.07) is 25.6. The van der Waals surface area contributed by atoms with Crippen LogP contribution in [-0.4, -0.2) is 29.5 Å². The first-order valence-corrected chi connectivity index (χ1v) is 8.78. The highest BCUT2D eigenvalue weighted by atomic mass is 15.1. The fourth-order valence-electron chi connectivity index (χ4n) is 3.20. The Balaban J connectivity index is 1.84. The molecule has 0 radical (unpaired) electrons. The number of aromatic nitrogens is 1. The Hall–Kier alpha value is -2.49. The normalized spacial score (nSPS) is 11.2. The summed E-state index contributed by atoms with van der Waals surface area (Å²) in [5.74, 6) is 0.329. The molecule has 0 aliphatic carbocycles. The third kappa shape index (κ3) is 4.99. The standard InChI is InChI=1S/C22H25N3/c23-13-16-25(17-19-11-14-24-15-12-19)18-22(20-7-3-1-4-8-20)21-9-5-2-6-10-21/h1-12,14-15,22H,13,16-18,23H2. The van der Waals surface area contributed by atoms with Gasteiger partial charge in [0.25, 0.3) is 0 Å². The maximum absolute atomic E-state index is 5.88. The minimum absolute atomic E-state index is 0.329. The molecule has 3 heteroatoms. The highest BCUT2D eigenvalue weighted by Crippen LogP contribution is 2.26. The highest BCUT2D eigenvalue weighted by molar-refractivity contribution is 5.32. The van der Waals surface area contributed by atoms with Crippen molar-refractivity contribution < 1.29 is 0 Å². The Morgan fingerprint density at radius 1 is 0.800 bits per heavy atom. The zero-order valence-electron chi connectivity index (χ0n) is 14.5. The van der Waals surface area contributed by atoms with E-state index in [1.807, 2.05) is 12.4 Å². The lowest BCUT2D eigenvalue weighted by atomic mass is 9.90. The van der Waals surface area contributed by atoms with Crippen LogP contribution in [-0.2, 0) is 6.54 Å². The average Bonchev–Trinajstić information content (AvgIpc) is 2.68. The second-order valence-electron chi connectivity index (χ2n) is 6.25. The van der Waals surface area contributed by atoms with E-state index in [1.165, 1.54) is 16.7 Å². The smallest absolute Gasteiger partial charge is 0.0271 e. The Bertz CT molecular complexity index is 689. The van der Waals surface area contributed by atoms with Gasteiger partial charge in [-0.3, -0.25) is 9.88 Å². The molecular weight excluding hydrogens is 306 g/mol. The predicted molar refractivity (Wildman–Crippen MR) is 103 cm³/mol. The summed E-state index contributed by atoms with van der Waals surface area (Å²) >= 11 is 0. The van der Waals surface area contributed by atoms with E-state index >= 15 is 0 Å². The van der Waals surface area contributed by atoms with Crippen molar-refractivity contribution in [3.63, 3.8) is 0 Å². The SMILES string of the molecule is NCCN(Cc1ccncc1)CC(c1ccccc1)c1ccccc1. The summed E-state index contributed by atoms with van der Waals surface area (Å²) in [6.45, 7) is 3.35. The van der Waals surface area contributed by atoms with Gasteiger partial charge in [-0.2, -0.15) is 0 Å². The topological polar surface area (TPSA) is 42.1 Å². The van der Waals surface area contributed by atoms with Gasteiger partial charge in [-0.05, 0) is 28.8 Å². The molecule has 0 aliphatic rings. The van der Waals surface area contributed by atoms with Crippen LogP contribution in [0.15, 0.2) is 85.2 Å². The molecule has 25 heavy (non-hydrogen) atoms. The molecule has 1 aromatic heterocycles. The van der Waals surface area contributed by atoms with E-state index in [-0.39, 0.29) is 0 Å². The molecule has 0 bridgehead atoms. The lowest BCUT2D eigenvalue weighted by Crippen LogP contribution is -2.33. The van der Waals surface area contributed by atoms with E-state index in [0.29, 0.717) is 12.5 Å². The minimum Gasteiger partial charge on any atom is -0.329 e. The molecule has 3 aromatic rings. The quantitative estimate of drug-likeness (QED) is 0.685. The Morgan fingerprint density at radius 2 is 1.36 bits per heavy atom. The van der Waals surface area contributed by atoms with Crippen LogP contribution in [0.1, 0.15) is 22.6 Å². The van der Waals surface area contributed by atoms with Crippen LogP contribution < -0.4 is 5.73 Å². The Kier molecular flexibility index (Phi) is 6.32. The first-order chi connectivity index (χ1) is 12.4. The van der Waals surface area contributed by atoms with Crippen LogP contribution in [0.4, 0.5) is 0 Å². The van der Waals surface area contributed by atoms with Gasteiger partial charge in [-0.1, -0.05) is 60.7 Å². The summed E-state index contributed by atoms with van der Waals surface area (Å²) in [5, 5.41) is 0. The number of nitrogens with two attached hydrogens (primary N) is 1. The van der Waals surface area contributed by atoms with E-state index in [2.05, 4.69) is 82.7 Å². The molecular formula is C22H25N3. The molecule has 0 amide bonds. The monoisotopic (exact) mass is 331 g/mol. The maximum Gasteiger partial charge on any atom is 0.0271 e. The number of rotatable bonds is 8. The van der Waals surface area contributed by atoms with Gasteiger partial charge in [0, 0.05) is 44.5 Å². The van der Waals surface area contributed by atoms with Crippen LogP contribution in [0.5, 0.6) is 0 Å². The summed E-state index contributed by atoms with van der Waals surface area (Å²) in [7, 11) is 0. The largest absolute Gasteiger partial charge is 0.329 e. The van der Waals surface area contributed by atoms with Crippen molar-refractivity contribution in [2.75, 3.05) is 19.6 Å². The summed E-state index contributed by atoms with van der Waals surface area (Å²) < 4.78 is 0. The van der Waals surface area contributed by atoms with Crippen LogP contribution in [0.3, 0.4) is 0 Å². The molecule has 0 saturated heterocycles. The fourth-order valence-corrected chi connectivity index (χ4v) is 3.20. The lowest BCUT2D eigenvalue weighted by Gasteiger charge is -2.28. The van der Waals surface area contributed by atoms with Crippen molar-refractivity contribution in [1.82, 2.24) is 9.88 Å². The average molecular weight is 331 g/mol. The number of hydrogen-bond acceptors (Lipinski definition) is 3. The molecule has 2 N–H and O–H groups in total. The van der Waals surface area contributed by atoms with Gasteiger partial charge in [0.15, 0.2) is 0 Å². The number of nitrogens with zero attached hydrogens (tertiary/aromatic N) is 2. The van der Waals surface area contributed by atoms with E-state index in [1.54, 1.807) is 0 Å². The van der Waals surface area contributed by atoms with Crippen molar-refractivity contribution in [1.29, 1.82) is 0 Å². The zero-order valence-corrected chi connectivity index (χ0v) is 14.5. The highest BCUT2D eigenvalue weighted by Gasteiger charge is 2.18. The van der Waals surface area contributed by atoms with Crippen molar-refractivity contribution >= 4 is 0 Å². The van der Waals surface area contributed by atoms with E-state index in [9.17, 15) is 0 Å². The molecule has 0 fully saturated rings. The predicted octanol–water partition coefficient (Wildman–Crippen LogP) is 3.67. The molecule has 0 unspecified atom stereocenters. The fraction of sp³-hybridized carbons (Fsp3) is 0.227. The van der Waals surface area contributed by atoms with E-state index < -0.39 is 0 Å². The lowest BCUT2D eigenvalue weighted by molar-refractivity contribution is 0.264. The molecule has 1 heterocycles. The number of hydrogen-bond donors (Lipinski definition) is 1. The zero-order chi connectivity index (χ0) is 17.3. The van der Waals surface area contributed by atoms with Gasteiger partial charge in [-0.15, -0.1) is 0 Å². The van der Waals surface area contributed by atoms with E-state index in [0.717, 1.165) is 19.6 Å². The second kappa shape index (κ2) is 9.11. The van der Waals surface area contributed by atoms with Crippen LogP contribution in [0.2, 0.25) is 0 Å². The molecule has 2 aromatic carbocycles. The van der Waals surface area contributed by atoms with Gasteiger partial charge in [-0.25, -0.2) is 0 Å². The van der Waals surface area contributed by atoms with Gasteiger partial charge >= 0.3 is 0 Å². The van der Waals surface area contributed by atoms with Crippen molar-refractivity contribution in [3.8, 4) is 0 Å². The van der Waals surface area contributed by atoms with Gasteiger partial charge in [0.05, 0.1) is 0 Å². The molecule has 0 spiro atoms. The molecule has 3 rings (SSSR count). The second-order valence-corrected chi connectivity index (χ2v) is 6.25. The summed E-state index contributed by atoms with van der Waals surface area (Å²) in [4.78, 5) is 6.54. The van der Waals surface area contributed by atoms with Crippen LogP contribution in [0, 0.1) is 0 Å². The third-order valence-electron chi connectivity index (χ3n) is 4.45. The molecule has 0 aliphatic heterocycles. The minimum atomic E-state index is 0.329. The molecule has 0 saturated carbocycles. The number of benzene rings is 2. The van der Waals surface area contributed by atoms with Crippen LogP contribution in [0.25, 0.3) is 0 Å². The first-order valence-electron chi connectivity index (χ1n) is 8.78. The van der Waals surface area contributed by atoms with Gasteiger partial charge < -0.3 is 5.73 Å². The maximum atomic E-state index is 5.88. The van der Waals surface area contributed by atoms with Crippen LogP contribution >= 0.6 is 0 Å². The molecule has 0 atom stereocenters. The molecule has 128 valence electrons. The summed E-state index contributed by atoms with van der Waals surface area (Å²) in [6.07, 6.45) is 3.70. The van der Waals surface area contributed by atoms with Crippen molar-refractivity contribution in [2.45, 2.75) is 12.5 Å². The number of pyridine rings is 1. The van der Waals surface area contributed by atoms with Gasteiger partial charge in [0.2, 0.25) is 0 Å². The Labute approximate surface area is 150 Å². The van der Waals surface area contributed by atoms with E-state index in [4.69, 9.17) is 5.73 Å². The first kappa shape index (κ1) is 17.3. The third-order valence-corrected chi connectivity index (χ3v) is 4.45. The van der Waals surface area contributed by atoms with Gasteiger partial charge in [0.1, 0.15) is 0 Å². The summed E-state index contributed by atoms with van der Waals surface area (Å²) in [5.41, 5.74) is 9.83.